The van der Waals surface area contributed by atoms with Crippen LogP contribution in [0.2, 0.25) is 0 Å². The highest BCUT2D eigenvalue weighted by Crippen LogP contribution is 2.21. The Morgan fingerprint density at radius 3 is 2.71 bits per heavy atom. The first-order chi connectivity index (χ1) is 8.01. The molecule has 17 heavy (non-hydrogen) atoms. The molecule has 1 aliphatic rings. The second-order valence-corrected chi connectivity index (χ2v) is 5.23. The third-order valence-corrected chi connectivity index (χ3v) is 3.63. The SMILES string of the molecule is C=CCN1C(=O)C=C(CCCCC)OS1(=O)=O. The van der Waals surface area contributed by atoms with E-state index in [4.69, 9.17) is 4.18 Å². The molecule has 0 aromatic rings. The fourth-order valence-electron chi connectivity index (χ4n) is 1.49. The van der Waals surface area contributed by atoms with E-state index in [9.17, 15) is 13.2 Å². The van der Waals surface area contributed by atoms with Crippen molar-refractivity contribution in [2.75, 3.05) is 6.54 Å². The van der Waals surface area contributed by atoms with Crippen LogP contribution < -0.4 is 0 Å². The van der Waals surface area contributed by atoms with Crippen molar-refractivity contribution in [2.24, 2.45) is 0 Å². The Morgan fingerprint density at radius 1 is 1.47 bits per heavy atom. The number of unbranched alkanes of at least 4 members (excludes halogenated alkanes) is 2. The minimum atomic E-state index is -3.98. The van der Waals surface area contributed by atoms with E-state index in [1.807, 2.05) is 6.92 Å². The lowest BCUT2D eigenvalue weighted by molar-refractivity contribution is -0.122. The topological polar surface area (TPSA) is 63.7 Å². The fraction of sp³-hybridized carbons (Fsp3) is 0.545. The van der Waals surface area contributed by atoms with Crippen LogP contribution >= 0.6 is 0 Å². The number of carbonyl (C=O) groups excluding carboxylic acids is 1. The minimum absolute atomic E-state index is 0.0695. The molecule has 0 fully saturated rings. The molecule has 0 bridgehead atoms. The van der Waals surface area contributed by atoms with E-state index in [0.717, 1.165) is 19.3 Å². The molecule has 0 spiro atoms. The minimum Gasteiger partial charge on any atom is -0.371 e. The van der Waals surface area contributed by atoms with Crippen molar-refractivity contribution in [3.63, 3.8) is 0 Å². The monoisotopic (exact) mass is 259 g/mol. The van der Waals surface area contributed by atoms with E-state index in [0.29, 0.717) is 10.7 Å². The summed E-state index contributed by atoms with van der Waals surface area (Å²) in [6.07, 6.45) is 5.87. The maximum absolute atomic E-state index is 11.6. The highest BCUT2D eigenvalue weighted by Gasteiger charge is 2.32. The summed E-state index contributed by atoms with van der Waals surface area (Å²) in [5.74, 6) is -0.341. The maximum Gasteiger partial charge on any atom is 0.412 e. The molecule has 0 radical (unpaired) electrons. The maximum atomic E-state index is 11.6. The third-order valence-electron chi connectivity index (χ3n) is 2.33. The molecule has 0 saturated carbocycles. The summed E-state index contributed by atoms with van der Waals surface area (Å²) in [5, 5.41) is 0. The van der Waals surface area contributed by atoms with Crippen LogP contribution in [-0.2, 0) is 19.3 Å². The molecule has 96 valence electrons. The number of carbonyl (C=O) groups is 1. The highest BCUT2D eigenvalue weighted by molar-refractivity contribution is 7.85. The Hall–Kier alpha value is -1.30. The van der Waals surface area contributed by atoms with Crippen LogP contribution in [0.5, 0.6) is 0 Å². The lowest BCUT2D eigenvalue weighted by atomic mass is 10.2. The summed E-state index contributed by atoms with van der Waals surface area (Å²) in [6.45, 7) is 5.38. The van der Waals surface area contributed by atoms with Crippen molar-refractivity contribution in [1.82, 2.24) is 4.31 Å². The number of rotatable bonds is 6. The molecular weight excluding hydrogens is 242 g/mol. The summed E-state index contributed by atoms with van der Waals surface area (Å²) in [4.78, 5) is 11.6. The smallest absolute Gasteiger partial charge is 0.371 e. The molecule has 1 rings (SSSR count). The Kier molecular flexibility index (Phi) is 4.74. The number of hydrogen-bond donors (Lipinski definition) is 0. The molecule has 0 aromatic carbocycles. The normalized spacial score (nSPS) is 18.5. The molecule has 0 aliphatic carbocycles. The van der Waals surface area contributed by atoms with Crippen LogP contribution in [0.15, 0.2) is 24.5 Å². The Bertz CT molecular complexity index is 425. The first kappa shape index (κ1) is 13.8. The largest absolute Gasteiger partial charge is 0.412 e. The zero-order valence-corrected chi connectivity index (χ0v) is 10.7. The Balaban J connectivity index is 2.76. The number of allylic oxidation sites excluding steroid dienone is 1. The van der Waals surface area contributed by atoms with E-state index < -0.39 is 16.2 Å². The van der Waals surface area contributed by atoms with Crippen molar-refractivity contribution in [1.29, 1.82) is 0 Å². The lowest BCUT2D eigenvalue weighted by Gasteiger charge is -2.24. The molecular formula is C11H17NO4S. The van der Waals surface area contributed by atoms with Gasteiger partial charge in [0, 0.05) is 12.5 Å². The fourth-order valence-corrected chi connectivity index (χ4v) is 2.54. The van der Waals surface area contributed by atoms with Gasteiger partial charge < -0.3 is 4.18 Å². The molecule has 1 aliphatic heterocycles. The molecule has 0 saturated heterocycles. The van der Waals surface area contributed by atoms with Gasteiger partial charge >= 0.3 is 10.3 Å². The number of hydrogen-bond acceptors (Lipinski definition) is 4. The summed E-state index contributed by atoms with van der Waals surface area (Å²) in [6, 6.07) is 0. The van der Waals surface area contributed by atoms with Crippen LogP contribution in [0.1, 0.15) is 32.6 Å². The van der Waals surface area contributed by atoms with Gasteiger partial charge in [-0.25, -0.2) is 0 Å². The van der Waals surface area contributed by atoms with Gasteiger partial charge in [-0.2, -0.15) is 12.7 Å². The molecule has 0 unspecified atom stereocenters. The second kappa shape index (κ2) is 5.86. The van der Waals surface area contributed by atoms with Crippen LogP contribution in [0.25, 0.3) is 0 Å². The summed E-state index contributed by atoms with van der Waals surface area (Å²) < 4.78 is 28.7. The highest BCUT2D eigenvalue weighted by atomic mass is 32.2. The first-order valence-electron chi connectivity index (χ1n) is 5.59. The number of nitrogens with zero attached hydrogens (tertiary/aromatic N) is 1. The second-order valence-electron chi connectivity index (χ2n) is 3.77. The summed E-state index contributed by atoms with van der Waals surface area (Å²) >= 11 is 0. The zero-order chi connectivity index (χ0) is 12.9. The van der Waals surface area contributed by atoms with Gasteiger partial charge in [0.15, 0.2) is 0 Å². The average Bonchev–Trinajstić information content (AvgIpc) is 2.23. The van der Waals surface area contributed by atoms with Crippen molar-refractivity contribution >= 4 is 16.2 Å². The first-order valence-corrected chi connectivity index (χ1v) is 6.95. The zero-order valence-electron chi connectivity index (χ0n) is 9.89. The van der Waals surface area contributed by atoms with Gasteiger partial charge in [-0.1, -0.05) is 25.8 Å². The standard InChI is InChI=1S/C11H17NO4S/c1-3-5-6-7-10-9-11(13)12(8-4-2)17(14,15)16-10/h4,9H,2-3,5-8H2,1H3. The van der Waals surface area contributed by atoms with E-state index in [2.05, 4.69) is 6.58 Å². The molecule has 1 amide bonds. The van der Waals surface area contributed by atoms with E-state index >= 15 is 0 Å². The van der Waals surface area contributed by atoms with Gasteiger partial charge in [-0.05, 0) is 6.42 Å². The summed E-state index contributed by atoms with van der Waals surface area (Å²) in [5.41, 5.74) is 0. The molecule has 0 N–H and O–H groups in total. The average molecular weight is 259 g/mol. The predicted octanol–water partition coefficient (Wildman–Crippen LogP) is 1.74. The quantitative estimate of drug-likeness (QED) is 0.538. The van der Waals surface area contributed by atoms with Crippen LogP contribution in [0.3, 0.4) is 0 Å². The van der Waals surface area contributed by atoms with Gasteiger partial charge in [0.25, 0.3) is 5.91 Å². The van der Waals surface area contributed by atoms with Crippen LogP contribution in [0, 0.1) is 0 Å². The van der Waals surface area contributed by atoms with Crippen molar-refractivity contribution < 1.29 is 17.4 Å². The van der Waals surface area contributed by atoms with Gasteiger partial charge in [0.1, 0.15) is 5.76 Å². The predicted molar refractivity (Wildman–Crippen MR) is 64.1 cm³/mol. The van der Waals surface area contributed by atoms with E-state index in [1.165, 1.54) is 12.2 Å². The van der Waals surface area contributed by atoms with Gasteiger partial charge in [-0.3, -0.25) is 4.79 Å². The van der Waals surface area contributed by atoms with Gasteiger partial charge in [-0.15, -0.1) is 6.58 Å². The molecule has 6 heteroatoms. The Morgan fingerprint density at radius 2 is 2.18 bits per heavy atom. The molecule has 0 aromatic heterocycles. The van der Waals surface area contributed by atoms with Crippen molar-refractivity contribution in [2.45, 2.75) is 32.6 Å². The van der Waals surface area contributed by atoms with Gasteiger partial charge in [0.05, 0.1) is 6.54 Å². The lowest BCUT2D eigenvalue weighted by Crippen LogP contribution is -2.40. The van der Waals surface area contributed by atoms with E-state index in [1.54, 1.807) is 0 Å². The number of amides is 1. The van der Waals surface area contributed by atoms with E-state index in [-0.39, 0.29) is 12.3 Å². The molecule has 1 heterocycles. The van der Waals surface area contributed by atoms with Crippen LogP contribution in [-0.4, -0.2) is 25.2 Å². The van der Waals surface area contributed by atoms with Crippen molar-refractivity contribution in [3.8, 4) is 0 Å². The summed E-state index contributed by atoms with van der Waals surface area (Å²) in [7, 11) is -3.98. The molecule has 5 nitrogen and oxygen atoms in total. The van der Waals surface area contributed by atoms with Gasteiger partial charge in [0.2, 0.25) is 0 Å². The Labute approximate surface area is 102 Å². The molecule has 0 atom stereocenters. The van der Waals surface area contributed by atoms with Crippen molar-refractivity contribution in [3.05, 3.63) is 24.5 Å². The third kappa shape index (κ3) is 3.59. The van der Waals surface area contributed by atoms with Crippen LogP contribution in [0.4, 0.5) is 0 Å².